The highest BCUT2D eigenvalue weighted by Gasteiger charge is 2.36. The molecule has 0 radical (unpaired) electrons. The number of benzene rings is 2. The van der Waals surface area contributed by atoms with E-state index in [9.17, 15) is 8.42 Å². The lowest BCUT2D eigenvalue weighted by molar-refractivity contribution is 0.340. The zero-order valence-electron chi connectivity index (χ0n) is 13.2. The molecule has 1 saturated heterocycles. The summed E-state index contributed by atoms with van der Waals surface area (Å²) in [5.41, 5.74) is 0.902. The first-order valence-electron chi connectivity index (χ1n) is 7.64. The average Bonchev–Trinajstić information content (AvgIpc) is 3.06. The molecule has 4 nitrogen and oxygen atoms in total. The summed E-state index contributed by atoms with van der Waals surface area (Å²) in [5, 5.41) is 0.360. The second-order valence-electron chi connectivity index (χ2n) is 5.30. The second-order valence-corrected chi connectivity index (χ2v) is 8.81. The van der Waals surface area contributed by atoms with Crippen molar-refractivity contribution in [3.63, 3.8) is 0 Å². The standard InChI is InChI=1S/C17H18ClNO3S2/c1-2-22-15-6-8-16(9-7-15)24(20,21)19-10-11-23-17(19)13-4-3-5-14(18)12-13/h3-9,12,17H,2,10-11H2,1H3. The summed E-state index contributed by atoms with van der Waals surface area (Å²) in [6.45, 7) is 2.92. The van der Waals surface area contributed by atoms with Gasteiger partial charge in [-0.25, -0.2) is 8.42 Å². The molecule has 0 aliphatic carbocycles. The molecular weight excluding hydrogens is 366 g/mol. The zero-order valence-corrected chi connectivity index (χ0v) is 15.6. The number of hydrogen-bond donors (Lipinski definition) is 0. The summed E-state index contributed by atoms with van der Waals surface area (Å²) >= 11 is 7.67. The van der Waals surface area contributed by atoms with E-state index >= 15 is 0 Å². The van der Waals surface area contributed by atoms with E-state index in [-0.39, 0.29) is 10.3 Å². The van der Waals surface area contributed by atoms with Gasteiger partial charge in [-0.3, -0.25) is 0 Å². The fraction of sp³-hybridized carbons (Fsp3) is 0.294. The first kappa shape index (κ1) is 17.6. The van der Waals surface area contributed by atoms with Gasteiger partial charge >= 0.3 is 0 Å². The fourth-order valence-corrected chi connectivity index (χ4v) is 6.06. The molecule has 24 heavy (non-hydrogen) atoms. The Morgan fingerprint density at radius 1 is 1.25 bits per heavy atom. The first-order chi connectivity index (χ1) is 11.5. The minimum atomic E-state index is -3.57. The van der Waals surface area contributed by atoms with Gasteiger partial charge in [0.05, 0.1) is 16.9 Å². The molecule has 1 aliphatic heterocycles. The maximum absolute atomic E-state index is 13.0. The number of ether oxygens (including phenoxy) is 1. The van der Waals surface area contributed by atoms with Crippen LogP contribution < -0.4 is 4.74 Å². The molecule has 0 spiro atoms. The quantitative estimate of drug-likeness (QED) is 0.777. The molecule has 0 aromatic heterocycles. The van der Waals surface area contributed by atoms with Gasteiger partial charge in [0.2, 0.25) is 10.0 Å². The highest BCUT2D eigenvalue weighted by molar-refractivity contribution is 8.01. The van der Waals surface area contributed by atoms with Gasteiger partial charge in [-0.15, -0.1) is 11.8 Å². The molecule has 3 rings (SSSR count). The highest BCUT2D eigenvalue weighted by Crippen LogP contribution is 2.42. The van der Waals surface area contributed by atoms with Crippen LogP contribution in [0.25, 0.3) is 0 Å². The van der Waals surface area contributed by atoms with Crippen molar-refractivity contribution in [2.45, 2.75) is 17.2 Å². The Balaban J connectivity index is 1.90. The Kier molecular flexibility index (Phi) is 5.39. The second kappa shape index (κ2) is 7.35. The van der Waals surface area contributed by atoms with Gasteiger partial charge in [-0.2, -0.15) is 4.31 Å². The Bertz CT molecular complexity index is 809. The van der Waals surface area contributed by atoms with Crippen molar-refractivity contribution in [2.75, 3.05) is 18.9 Å². The molecule has 7 heteroatoms. The van der Waals surface area contributed by atoms with Gasteiger partial charge < -0.3 is 4.74 Å². The van der Waals surface area contributed by atoms with E-state index in [1.807, 2.05) is 25.1 Å². The van der Waals surface area contributed by atoms with E-state index in [1.54, 1.807) is 46.4 Å². The molecule has 0 bridgehead atoms. The molecule has 1 heterocycles. The van der Waals surface area contributed by atoms with Crippen molar-refractivity contribution >= 4 is 33.4 Å². The summed E-state index contributed by atoms with van der Waals surface area (Å²) in [5.74, 6) is 1.42. The highest BCUT2D eigenvalue weighted by atomic mass is 35.5. The predicted molar refractivity (Wildman–Crippen MR) is 98.2 cm³/mol. The lowest BCUT2D eigenvalue weighted by Gasteiger charge is -2.23. The molecule has 1 atom stereocenters. The van der Waals surface area contributed by atoms with Crippen LogP contribution in [-0.4, -0.2) is 31.6 Å². The minimum absolute atomic E-state index is 0.250. The van der Waals surface area contributed by atoms with Crippen molar-refractivity contribution in [3.05, 3.63) is 59.1 Å². The molecule has 0 N–H and O–H groups in total. The number of rotatable bonds is 5. The summed E-state index contributed by atoms with van der Waals surface area (Å²) in [6, 6.07) is 13.9. The fourth-order valence-electron chi connectivity index (χ4n) is 2.63. The Hall–Kier alpha value is -1.21. The Labute approximate surface area is 151 Å². The zero-order chi connectivity index (χ0) is 17.2. The molecule has 1 aliphatic rings. The van der Waals surface area contributed by atoms with E-state index in [1.165, 1.54) is 0 Å². The lowest BCUT2D eigenvalue weighted by atomic mass is 10.2. The van der Waals surface area contributed by atoms with Gasteiger partial charge in [0.1, 0.15) is 5.75 Å². The van der Waals surface area contributed by atoms with E-state index in [2.05, 4.69) is 0 Å². The Morgan fingerprint density at radius 2 is 2.00 bits per heavy atom. The third kappa shape index (κ3) is 3.57. The van der Waals surface area contributed by atoms with Crippen LogP contribution in [0.15, 0.2) is 53.4 Å². The molecular formula is C17H18ClNO3S2. The number of sulfonamides is 1. The molecule has 0 saturated carbocycles. The molecule has 1 fully saturated rings. The lowest BCUT2D eigenvalue weighted by Crippen LogP contribution is -2.30. The normalized spacial score (nSPS) is 18.7. The molecule has 128 valence electrons. The molecule has 1 unspecified atom stereocenters. The van der Waals surface area contributed by atoms with E-state index in [0.717, 1.165) is 11.3 Å². The van der Waals surface area contributed by atoms with Crippen LogP contribution in [0.3, 0.4) is 0 Å². The monoisotopic (exact) mass is 383 g/mol. The summed E-state index contributed by atoms with van der Waals surface area (Å²) < 4.78 is 32.9. The summed E-state index contributed by atoms with van der Waals surface area (Å²) in [7, 11) is -3.57. The van der Waals surface area contributed by atoms with Crippen LogP contribution in [0.1, 0.15) is 17.9 Å². The summed E-state index contributed by atoms with van der Waals surface area (Å²) in [6.07, 6.45) is 0. The molecule has 2 aromatic rings. The third-order valence-electron chi connectivity index (χ3n) is 3.72. The van der Waals surface area contributed by atoms with Gasteiger partial charge in [0.25, 0.3) is 0 Å². The number of halogens is 1. The summed E-state index contributed by atoms with van der Waals surface area (Å²) in [4.78, 5) is 0.278. The van der Waals surface area contributed by atoms with E-state index in [0.29, 0.717) is 23.9 Å². The topological polar surface area (TPSA) is 46.6 Å². The predicted octanol–water partition coefficient (Wildman–Crippen LogP) is 4.18. The van der Waals surface area contributed by atoms with Gasteiger partial charge in [-0.1, -0.05) is 23.7 Å². The van der Waals surface area contributed by atoms with Crippen molar-refractivity contribution in [1.82, 2.24) is 4.31 Å². The maximum Gasteiger partial charge on any atom is 0.244 e. The van der Waals surface area contributed by atoms with Crippen LogP contribution in [0.5, 0.6) is 5.75 Å². The maximum atomic E-state index is 13.0. The number of hydrogen-bond acceptors (Lipinski definition) is 4. The first-order valence-corrected chi connectivity index (χ1v) is 10.5. The third-order valence-corrected chi connectivity index (χ3v) is 7.23. The Morgan fingerprint density at radius 3 is 2.67 bits per heavy atom. The van der Waals surface area contributed by atoms with Crippen molar-refractivity contribution < 1.29 is 13.2 Å². The van der Waals surface area contributed by atoms with Crippen LogP contribution in [0.4, 0.5) is 0 Å². The van der Waals surface area contributed by atoms with Crippen LogP contribution >= 0.6 is 23.4 Å². The largest absolute Gasteiger partial charge is 0.494 e. The van der Waals surface area contributed by atoms with Crippen molar-refractivity contribution in [2.24, 2.45) is 0 Å². The molecule has 2 aromatic carbocycles. The van der Waals surface area contributed by atoms with Gasteiger partial charge in [-0.05, 0) is 48.9 Å². The smallest absolute Gasteiger partial charge is 0.244 e. The van der Waals surface area contributed by atoms with Crippen LogP contribution in [-0.2, 0) is 10.0 Å². The SMILES string of the molecule is CCOc1ccc(S(=O)(=O)N2CCSC2c2cccc(Cl)c2)cc1. The molecule has 0 amide bonds. The average molecular weight is 384 g/mol. The van der Waals surface area contributed by atoms with Gasteiger partial charge in [0, 0.05) is 17.3 Å². The number of nitrogens with zero attached hydrogens (tertiary/aromatic N) is 1. The number of thioether (sulfide) groups is 1. The minimum Gasteiger partial charge on any atom is -0.494 e. The van der Waals surface area contributed by atoms with Gasteiger partial charge in [0.15, 0.2) is 0 Å². The van der Waals surface area contributed by atoms with E-state index in [4.69, 9.17) is 16.3 Å². The van der Waals surface area contributed by atoms with Crippen molar-refractivity contribution in [3.8, 4) is 5.75 Å². The van der Waals surface area contributed by atoms with Crippen molar-refractivity contribution in [1.29, 1.82) is 0 Å². The van der Waals surface area contributed by atoms with E-state index < -0.39 is 10.0 Å². The van der Waals surface area contributed by atoms with Crippen LogP contribution in [0, 0.1) is 0 Å². The van der Waals surface area contributed by atoms with Crippen LogP contribution in [0.2, 0.25) is 5.02 Å².